The van der Waals surface area contributed by atoms with Crippen LogP contribution in [0.4, 0.5) is 0 Å². The molecule has 0 aromatic carbocycles. The number of rotatable bonds is 2. The molecule has 0 fully saturated rings. The summed E-state index contributed by atoms with van der Waals surface area (Å²) in [5.41, 5.74) is 0. The Balaban J connectivity index is 2.75. The molecule has 0 aromatic heterocycles. The first-order valence-corrected chi connectivity index (χ1v) is 3.10. The standard InChI is InChI=1S/C3H7O2.Na/c1-5-3-2-4;/h3-4H,2H2,1H3;. The Morgan fingerprint density at radius 3 is 2.50 bits per heavy atom. The third-order valence-electron chi connectivity index (χ3n) is 0.659. The zero-order valence-electron chi connectivity index (χ0n) is 4.14. The average molecular weight is 98.1 g/mol. The molecule has 0 heterocycles. The van der Waals surface area contributed by atoms with Gasteiger partial charge in [-0.05, 0) is 0 Å². The Labute approximate surface area is 54.9 Å². The zero-order valence-corrected chi connectivity index (χ0v) is 6.14. The van der Waals surface area contributed by atoms with Crippen molar-refractivity contribution in [2.24, 2.45) is 0 Å². The van der Waals surface area contributed by atoms with E-state index >= 15 is 0 Å². The van der Waals surface area contributed by atoms with E-state index < -0.39 is 0 Å². The second-order valence-corrected chi connectivity index (χ2v) is 2.52. The van der Waals surface area contributed by atoms with E-state index in [0.29, 0.717) is 0 Å². The number of ether oxygens (including phenoxy) is 1. The van der Waals surface area contributed by atoms with Crippen LogP contribution in [0.25, 0.3) is 0 Å². The fourth-order valence-corrected chi connectivity index (χ4v) is 0.0745. The molecule has 0 radical (unpaired) electrons. The molecule has 3 heteroatoms. The predicted molar refractivity (Wildman–Crippen MR) is 23.6 cm³/mol. The number of hydrogen-bond donors (Lipinski definition) is 1. The first-order chi connectivity index (χ1) is 2.81. The molecular formula is C3H7NaO2. The average Bonchev–Trinajstić information content (AvgIpc) is 1.65. The van der Waals surface area contributed by atoms with Crippen LogP contribution >= 0.6 is 0 Å². The summed E-state index contributed by atoms with van der Waals surface area (Å²) < 4.78 is 4.84. The van der Waals surface area contributed by atoms with Crippen molar-refractivity contribution < 1.29 is 9.84 Å². The summed E-state index contributed by atoms with van der Waals surface area (Å²) in [5.74, 6) is 0. The van der Waals surface area contributed by atoms with Gasteiger partial charge in [0, 0.05) is 0 Å². The van der Waals surface area contributed by atoms with Crippen LogP contribution < -0.4 is 0 Å². The summed E-state index contributed by atoms with van der Waals surface area (Å²) >= 11 is 0.918. The van der Waals surface area contributed by atoms with Crippen molar-refractivity contribution in [1.29, 1.82) is 0 Å². The topological polar surface area (TPSA) is 29.5 Å². The fraction of sp³-hybridized carbons (Fsp3) is 1.00. The van der Waals surface area contributed by atoms with Crippen LogP contribution in [-0.4, -0.2) is 50.1 Å². The van der Waals surface area contributed by atoms with Crippen molar-refractivity contribution >= 4 is 27.9 Å². The van der Waals surface area contributed by atoms with Gasteiger partial charge in [-0.1, -0.05) is 0 Å². The molecule has 0 aliphatic carbocycles. The van der Waals surface area contributed by atoms with Crippen molar-refractivity contribution in [1.82, 2.24) is 0 Å². The van der Waals surface area contributed by atoms with Crippen LogP contribution in [-0.2, 0) is 4.74 Å². The quantitative estimate of drug-likeness (QED) is 0.454. The predicted octanol–water partition coefficient (Wildman–Crippen LogP) is -0.880. The molecule has 0 aromatic rings. The Hall–Kier alpha value is 0.920. The molecule has 0 bridgehead atoms. The van der Waals surface area contributed by atoms with E-state index in [2.05, 4.69) is 0 Å². The number of aliphatic hydroxyl groups excluding tert-OH is 1. The Bertz CT molecular complexity index is 28.0. The van der Waals surface area contributed by atoms with Crippen molar-refractivity contribution in [3.05, 3.63) is 0 Å². The Morgan fingerprint density at radius 2 is 2.50 bits per heavy atom. The molecular weight excluding hydrogens is 91.0 g/mol. The fourth-order valence-electron chi connectivity index (χ4n) is 0.0745. The number of hydrogen-bond acceptors (Lipinski definition) is 2. The van der Waals surface area contributed by atoms with Crippen molar-refractivity contribution in [2.45, 2.75) is 3.35 Å². The SMILES string of the molecule is CO[CH]([Na])CO. The van der Waals surface area contributed by atoms with Crippen molar-refractivity contribution in [3.8, 4) is 0 Å². The van der Waals surface area contributed by atoms with Crippen LogP contribution in [0.1, 0.15) is 0 Å². The molecule has 32 valence electrons. The van der Waals surface area contributed by atoms with Gasteiger partial charge < -0.3 is 0 Å². The Morgan fingerprint density at radius 1 is 2.00 bits per heavy atom. The van der Waals surface area contributed by atoms with E-state index in [1.807, 2.05) is 0 Å². The maximum absolute atomic E-state index is 8.24. The van der Waals surface area contributed by atoms with Gasteiger partial charge >= 0.3 is 54.8 Å². The number of aliphatic hydroxyl groups is 1. The molecule has 2 nitrogen and oxygen atoms in total. The second kappa shape index (κ2) is 4.09. The van der Waals surface area contributed by atoms with Crippen LogP contribution in [0.3, 0.4) is 0 Å². The van der Waals surface area contributed by atoms with Gasteiger partial charge in [-0.2, -0.15) is 0 Å². The first-order valence-electron chi connectivity index (χ1n) is 1.95. The molecule has 1 N–H and O–H groups in total. The van der Waals surface area contributed by atoms with E-state index in [4.69, 9.17) is 9.84 Å². The third-order valence-corrected chi connectivity index (χ3v) is 1.50. The van der Waals surface area contributed by atoms with Crippen LogP contribution in [0.5, 0.6) is 0 Å². The Kier molecular flexibility index (Phi) is 4.72. The summed E-state index contributed by atoms with van der Waals surface area (Å²) in [7, 11) is 1.61. The molecule has 0 amide bonds. The molecule has 0 saturated carbocycles. The van der Waals surface area contributed by atoms with Gasteiger partial charge in [-0.3, -0.25) is 0 Å². The van der Waals surface area contributed by atoms with Gasteiger partial charge in [0.25, 0.3) is 0 Å². The summed E-state index contributed by atoms with van der Waals surface area (Å²) in [4.78, 5) is 0. The minimum atomic E-state index is 0.130. The first kappa shape index (κ1) is 6.92. The van der Waals surface area contributed by atoms with Gasteiger partial charge in [0.05, 0.1) is 0 Å². The van der Waals surface area contributed by atoms with E-state index in [-0.39, 0.29) is 9.96 Å². The van der Waals surface area contributed by atoms with E-state index in [9.17, 15) is 0 Å². The maximum atomic E-state index is 8.24. The molecule has 1 unspecified atom stereocenters. The molecule has 0 saturated heterocycles. The van der Waals surface area contributed by atoms with E-state index in [1.54, 1.807) is 7.11 Å². The van der Waals surface area contributed by atoms with Gasteiger partial charge in [0.1, 0.15) is 0 Å². The van der Waals surface area contributed by atoms with Gasteiger partial charge in [-0.15, -0.1) is 0 Å². The summed E-state index contributed by atoms with van der Waals surface area (Å²) in [6, 6.07) is 0. The summed E-state index contributed by atoms with van der Waals surface area (Å²) in [5, 5.41) is 8.24. The molecule has 0 spiro atoms. The molecule has 6 heavy (non-hydrogen) atoms. The van der Waals surface area contributed by atoms with Crippen LogP contribution in [0.15, 0.2) is 0 Å². The summed E-state index contributed by atoms with van der Waals surface area (Å²) in [6.07, 6.45) is 0. The van der Waals surface area contributed by atoms with Gasteiger partial charge in [0.2, 0.25) is 0 Å². The monoisotopic (exact) mass is 98.0 g/mol. The third kappa shape index (κ3) is 3.12. The van der Waals surface area contributed by atoms with Gasteiger partial charge in [-0.25, -0.2) is 0 Å². The molecule has 0 aliphatic heterocycles. The molecule has 1 atom stereocenters. The van der Waals surface area contributed by atoms with Crippen molar-refractivity contribution in [2.75, 3.05) is 13.7 Å². The van der Waals surface area contributed by atoms with E-state index in [0.717, 1.165) is 27.9 Å². The van der Waals surface area contributed by atoms with Crippen molar-refractivity contribution in [3.63, 3.8) is 0 Å². The zero-order chi connectivity index (χ0) is 4.99. The summed E-state index contributed by atoms with van der Waals surface area (Å²) in [6.45, 7) is 0.169. The van der Waals surface area contributed by atoms with Crippen LogP contribution in [0, 0.1) is 0 Å². The molecule has 0 rings (SSSR count). The minimum absolute atomic E-state index is 0.130. The van der Waals surface area contributed by atoms with Gasteiger partial charge in [0.15, 0.2) is 0 Å². The van der Waals surface area contributed by atoms with E-state index in [1.165, 1.54) is 0 Å². The second-order valence-electron chi connectivity index (χ2n) is 1.23. The molecule has 0 aliphatic rings. The van der Waals surface area contributed by atoms with Crippen LogP contribution in [0.2, 0.25) is 0 Å². The normalized spacial score (nSPS) is 14.7. The number of methoxy groups -OCH3 is 1.